The highest BCUT2D eigenvalue weighted by molar-refractivity contribution is 5.63. The van der Waals surface area contributed by atoms with E-state index in [0.29, 0.717) is 5.56 Å². The highest BCUT2D eigenvalue weighted by Gasteiger charge is 2.23. The number of halogens is 2. The van der Waals surface area contributed by atoms with Crippen molar-refractivity contribution in [2.24, 2.45) is 0 Å². The van der Waals surface area contributed by atoms with Crippen LogP contribution in [0.3, 0.4) is 0 Å². The van der Waals surface area contributed by atoms with Gasteiger partial charge in [0.25, 0.3) is 5.69 Å². The van der Waals surface area contributed by atoms with Crippen molar-refractivity contribution in [2.45, 2.75) is 13.0 Å². The topological polar surface area (TPSA) is 68.3 Å². The summed E-state index contributed by atoms with van der Waals surface area (Å²) in [6.07, 6.45) is 2.84. The largest absolute Gasteiger partial charge is 0.472 e. The maximum atomic E-state index is 13.7. The number of hydrogen-bond acceptors (Lipinski definition) is 4. The average Bonchev–Trinajstić information content (AvgIpc) is 2.88. The number of nitrogens with one attached hydrogen (secondary N) is 1. The maximum absolute atomic E-state index is 13.7. The molecule has 100 valence electrons. The molecule has 0 saturated carbocycles. The van der Waals surface area contributed by atoms with Gasteiger partial charge in [0.05, 0.1) is 23.5 Å². The van der Waals surface area contributed by atoms with Crippen LogP contribution in [0.1, 0.15) is 18.5 Å². The number of benzene rings is 1. The van der Waals surface area contributed by atoms with E-state index in [1.165, 1.54) is 12.5 Å². The molecule has 0 radical (unpaired) electrons. The zero-order chi connectivity index (χ0) is 14.0. The Morgan fingerprint density at radius 2 is 2.11 bits per heavy atom. The van der Waals surface area contributed by atoms with E-state index in [9.17, 15) is 18.9 Å². The molecule has 0 spiro atoms. The Morgan fingerprint density at radius 3 is 2.68 bits per heavy atom. The molecule has 0 aliphatic rings. The van der Waals surface area contributed by atoms with Crippen LogP contribution in [-0.2, 0) is 0 Å². The Morgan fingerprint density at radius 1 is 1.37 bits per heavy atom. The number of anilines is 1. The van der Waals surface area contributed by atoms with Crippen molar-refractivity contribution in [1.82, 2.24) is 0 Å². The van der Waals surface area contributed by atoms with Crippen LogP contribution < -0.4 is 5.32 Å². The minimum absolute atomic E-state index is 0.464. The lowest BCUT2D eigenvalue weighted by Crippen LogP contribution is -2.10. The minimum atomic E-state index is -1.27. The Labute approximate surface area is 107 Å². The zero-order valence-electron chi connectivity index (χ0n) is 9.89. The summed E-state index contributed by atoms with van der Waals surface area (Å²) < 4.78 is 31.7. The molecule has 0 bridgehead atoms. The molecule has 19 heavy (non-hydrogen) atoms. The minimum Gasteiger partial charge on any atom is -0.472 e. The van der Waals surface area contributed by atoms with Crippen LogP contribution in [0.2, 0.25) is 0 Å². The van der Waals surface area contributed by atoms with Gasteiger partial charge in [-0.3, -0.25) is 10.1 Å². The molecule has 0 saturated heterocycles. The van der Waals surface area contributed by atoms with E-state index >= 15 is 0 Å². The first-order valence-electron chi connectivity index (χ1n) is 5.41. The van der Waals surface area contributed by atoms with Crippen LogP contribution in [-0.4, -0.2) is 4.92 Å². The number of hydrogen-bond donors (Lipinski definition) is 1. The van der Waals surface area contributed by atoms with E-state index in [4.69, 9.17) is 4.42 Å². The summed E-state index contributed by atoms with van der Waals surface area (Å²) in [4.78, 5) is 10.0. The van der Waals surface area contributed by atoms with E-state index < -0.39 is 34.0 Å². The summed E-state index contributed by atoms with van der Waals surface area (Å²) in [5, 5.41) is 13.4. The predicted molar refractivity (Wildman–Crippen MR) is 63.8 cm³/mol. The fourth-order valence-corrected chi connectivity index (χ4v) is 1.65. The number of nitrogens with zero attached hydrogens (tertiary/aromatic N) is 1. The first kappa shape index (κ1) is 13.0. The smallest absolute Gasteiger partial charge is 0.295 e. The molecule has 1 heterocycles. The normalized spacial score (nSPS) is 12.2. The van der Waals surface area contributed by atoms with E-state index in [-0.39, 0.29) is 0 Å². The van der Waals surface area contributed by atoms with Gasteiger partial charge in [-0.15, -0.1) is 0 Å². The Hall–Kier alpha value is -2.44. The van der Waals surface area contributed by atoms with Crippen LogP contribution in [0.15, 0.2) is 35.1 Å². The Balaban J connectivity index is 2.38. The Bertz CT molecular complexity index is 599. The molecule has 7 heteroatoms. The van der Waals surface area contributed by atoms with Crippen LogP contribution in [0.25, 0.3) is 0 Å². The van der Waals surface area contributed by atoms with Crippen molar-refractivity contribution < 1.29 is 18.1 Å². The summed E-state index contributed by atoms with van der Waals surface area (Å²) in [6, 6.07) is 2.80. The van der Waals surface area contributed by atoms with E-state index in [1.807, 2.05) is 0 Å². The molecular formula is C12H10F2N2O3. The van der Waals surface area contributed by atoms with Crippen LogP contribution in [0.4, 0.5) is 20.2 Å². The quantitative estimate of drug-likeness (QED) is 0.679. The lowest BCUT2D eigenvalue weighted by molar-refractivity contribution is -0.384. The van der Waals surface area contributed by atoms with Crippen molar-refractivity contribution >= 4 is 11.4 Å². The molecule has 1 atom stereocenters. The summed E-state index contributed by atoms with van der Waals surface area (Å²) >= 11 is 0. The van der Waals surface area contributed by atoms with Crippen molar-refractivity contribution in [3.8, 4) is 0 Å². The van der Waals surface area contributed by atoms with Crippen molar-refractivity contribution in [3.63, 3.8) is 0 Å². The molecule has 0 fully saturated rings. The zero-order valence-corrected chi connectivity index (χ0v) is 9.89. The van der Waals surface area contributed by atoms with Gasteiger partial charge in [-0.1, -0.05) is 0 Å². The molecule has 2 rings (SSSR count). The van der Waals surface area contributed by atoms with Gasteiger partial charge in [0.1, 0.15) is 0 Å². The molecule has 5 nitrogen and oxygen atoms in total. The first-order valence-corrected chi connectivity index (χ1v) is 5.41. The van der Waals surface area contributed by atoms with Gasteiger partial charge < -0.3 is 9.73 Å². The number of nitro benzene ring substituents is 1. The number of rotatable bonds is 4. The van der Waals surface area contributed by atoms with Gasteiger partial charge in [-0.05, 0) is 19.1 Å². The van der Waals surface area contributed by atoms with Crippen LogP contribution in [0.5, 0.6) is 0 Å². The average molecular weight is 268 g/mol. The molecule has 0 aliphatic heterocycles. The number of furan rings is 1. The summed E-state index contributed by atoms with van der Waals surface area (Å²) in [5.41, 5.74) is -0.328. The highest BCUT2D eigenvalue weighted by atomic mass is 19.2. The SMILES string of the molecule is CC(Nc1c([N+](=O)[O-])ccc(F)c1F)c1ccoc1. The third-order valence-corrected chi connectivity index (χ3v) is 2.67. The van der Waals surface area contributed by atoms with E-state index in [2.05, 4.69) is 5.32 Å². The third kappa shape index (κ3) is 2.54. The molecule has 1 aromatic carbocycles. The molecule has 1 aromatic heterocycles. The Kier molecular flexibility index (Phi) is 3.46. The van der Waals surface area contributed by atoms with E-state index in [0.717, 1.165) is 12.1 Å². The van der Waals surface area contributed by atoms with Gasteiger partial charge in [0, 0.05) is 11.6 Å². The predicted octanol–water partition coefficient (Wildman–Crippen LogP) is 3.64. The van der Waals surface area contributed by atoms with Crippen LogP contribution >= 0.6 is 0 Å². The monoisotopic (exact) mass is 268 g/mol. The molecule has 0 amide bonds. The van der Waals surface area contributed by atoms with Crippen molar-refractivity contribution in [3.05, 3.63) is 58.0 Å². The fraction of sp³-hybridized carbons (Fsp3) is 0.167. The van der Waals surface area contributed by atoms with Gasteiger partial charge in [-0.25, -0.2) is 8.78 Å². The summed E-state index contributed by atoms with van der Waals surface area (Å²) in [5.74, 6) is -2.42. The van der Waals surface area contributed by atoms with Crippen LogP contribution in [0, 0.1) is 21.7 Å². The van der Waals surface area contributed by atoms with Gasteiger partial charge in [-0.2, -0.15) is 0 Å². The second-order valence-electron chi connectivity index (χ2n) is 3.94. The second-order valence-corrected chi connectivity index (χ2v) is 3.94. The molecule has 1 N–H and O–H groups in total. The molecule has 1 unspecified atom stereocenters. The van der Waals surface area contributed by atoms with Crippen molar-refractivity contribution in [1.29, 1.82) is 0 Å². The standard InChI is InChI=1S/C12H10F2N2O3/c1-7(8-4-5-19-6-8)15-12-10(16(17)18)3-2-9(13)11(12)14/h2-7,15H,1H3. The summed E-state index contributed by atoms with van der Waals surface area (Å²) in [6.45, 7) is 1.65. The molecular weight excluding hydrogens is 258 g/mol. The highest BCUT2D eigenvalue weighted by Crippen LogP contribution is 2.32. The maximum Gasteiger partial charge on any atom is 0.295 e. The molecule has 0 aliphatic carbocycles. The lowest BCUT2D eigenvalue weighted by atomic mass is 10.1. The summed E-state index contributed by atoms with van der Waals surface area (Å²) in [7, 11) is 0. The fourth-order valence-electron chi connectivity index (χ4n) is 1.65. The third-order valence-electron chi connectivity index (χ3n) is 2.67. The molecule has 2 aromatic rings. The lowest BCUT2D eigenvalue weighted by Gasteiger charge is -2.14. The van der Waals surface area contributed by atoms with Gasteiger partial charge in [0.2, 0.25) is 0 Å². The van der Waals surface area contributed by atoms with Gasteiger partial charge >= 0.3 is 0 Å². The number of nitro groups is 1. The first-order chi connectivity index (χ1) is 9.00. The van der Waals surface area contributed by atoms with Crippen molar-refractivity contribution in [2.75, 3.05) is 5.32 Å². The van der Waals surface area contributed by atoms with E-state index in [1.54, 1.807) is 13.0 Å². The van der Waals surface area contributed by atoms with Gasteiger partial charge in [0.15, 0.2) is 17.3 Å². The second kappa shape index (κ2) is 5.05.